The van der Waals surface area contributed by atoms with Crippen molar-refractivity contribution in [2.24, 2.45) is 5.73 Å². The number of hydrogen-bond acceptors (Lipinski definition) is 3. The van der Waals surface area contributed by atoms with Gasteiger partial charge >= 0.3 is 0 Å². The second-order valence-electron chi connectivity index (χ2n) is 3.10. The van der Waals surface area contributed by atoms with Crippen molar-refractivity contribution in [3.63, 3.8) is 0 Å². The van der Waals surface area contributed by atoms with Crippen molar-refractivity contribution in [2.45, 2.75) is 6.54 Å². The number of carbonyl (C=O) groups is 1. The van der Waals surface area contributed by atoms with E-state index in [1.165, 1.54) is 0 Å². The van der Waals surface area contributed by atoms with Crippen LogP contribution >= 0.6 is 0 Å². The molecule has 0 radical (unpaired) electrons. The van der Waals surface area contributed by atoms with Crippen molar-refractivity contribution in [1.82, 2.24) is 5.32 Å². The van der Waals surface area contributed by atoms with Crippen molar-refractivity contribution >= 4 is 5.91 Å². The Kier molecular flexibility index (Phi) is 2.37. The third kappa shape index (κ3) is 1.44. The zero-order valence-corrected chi connectivity index (χ0v) is 7.75. The zero-order valence-electron chi connectivity index (χ0n) is 7.75. The number of fused-ring (bicyclic) bond motifs is 1. The summed E-state index contributed by atoms with van der Waals surface area (Å²) in [5, 5.41) is 2.75. The first-order valence-corrected chi connectivity index (χ1v) is 4.56. The molecule has 0 aliphatic carbocycles. The molecule has 0 saturated carbocycles. The van der Waals surface area contributed by atoms with Gasteiger partial charge in [-0.15, -0.1) is 0 Å². The number of ether oxygens (including phenoxy) is 1. The quantitative estimate of drug-likeness (QED) is 0.671. The van der Waals surface area contributed by atoms with Crippen molar-refractivity contribution in [3.05, 3.63) is 29.3 Å². The second kappa shape index (κ2) is 3.67. The Bertz CT molecular complexity index is 363. The third-order valence-electron chi connectivity index (χ3n) is 2.20. The summed E-state index contributed by atoms with van der Waals surface area (Å²) in [6, 6.07) is 5.43. The van der Waals surface area contributed by atoms with E-state index in [-0.39, 0.29) is 5.91 Å². The van der Waals surface area contributed by atoms with Gasteiger partial charge in [-0.05, 0) is 6.07 Å². The number of benzene rings is 1. The fourth-order valence-electron chi connectivity index (χ4n) is 1.51. The van der Waals surface area contributed by atoms with E-state index in [0.717, 1.165) is 5.56 Å². The van der Waals surface area contributed by atoms with Crippen LogP contribution in [0.15, 0.2) is 18.2 Å². The molecule has 4 nitrogen and oxygen atoms in total. The summed E-state index contributed by atoms with van der Waals surface area (Å²) < 4.78 is 5.48. The molecule has 1 aromatic carbocycles. The number of nitrogens with one attached hydrogen (secondary N) is 1. The molecular formula is C10H12N2O2. The molecular weight excluding hydrogens is 180 g/mol. The van der Waals surface area contributed by atoms with Gasteiger partial charge in [-0.1, -0.05) is 12.1 Å². The molecule has 1 heterocycles. The molecule has 0 fully saturated rings. The maximum atomic E-state index is 11.5. The standard InChI is InChI=1S/C10H12N2O2/c11-6-7-2-1-3-8-9(7)14-5-4-12-10(8)13/h1-3H,4-6,11H2,(H,12,13). The number of para-hydroxylation sites is 1. The lowest BCUT2D eigenvalue weighted by molar-refractivity contribution is 0.0957. The first-order chi connectivity index (χ1) is 6.83. The Morgan fingerprint density at radius 1 is 1.50 bits per heavy atom. The van der Waals surface area contributed by atoms with Crippen molar-refractivity contribution < 1.29 is 9.53 Å². The van der Waals surface area contributed by atoms with E-state index in [2.05, 4.69) is 5.32 Å². The number of carbonyl (C=O) groups excluding carboxylic acids is 1. The summed E-state index contributed by atoms with van der Waals surface area (Å²) in [6.07, 6.45) is 0. The summed E-state index contributed by atoms with van der Waals surface area (Å²) >= 11 is 0. The molecule has 0 saturated heterocycles. The predicted molar refractivity (Wildman–Crippen MR) is 52.2 cm³/mol. The van der Waals surface area contributed by atoms with Gasteiger partial charge in [0.15, 0.2) is 0 Å². The number of rotatable bonds is 1. The van der Waals surface area contributed by atoms with E-state index < -0.39 is 0 Å². The number of amides is 1. The second-order valence-corrected chi connectivity index (χ2v) is 3.10. The highest BCUT2D eigenvalue weighted by molar-refractivity contribution is 5.97. The van der Waals surface area contributed by atoms with Gasteiger partial charge in [0.1, 0.15) is 12.4 Å². The smallest absolute Gasteiger partial charge is 0.255 e. The van der Waals surface area contributed by atoms with Crippen LogP contribution in [0, 0.1) is 0 Å². The molecule has 0 bridgehead atoms. The van der Waals surface area contributed by atoms with Crippen LogP contribution in [-0.4, -0.2) is 19.1 Å². The highest BCUT2D eigenvalue weighted by Gasteiger charge is 2.17. The fraction of sp³-hybridized carbons (Fsp3) is 0.300. The van der Waals surface area contributed by atoms with Crippen molar-refractivity contribution in [2.75, 3.05) is 13.2 Å². The molecule has 3 N–H and O–H groups in total. The van der Waals surface area contributed by atoms with Gasteiger partial charge in [0, 0.05) is 12.1 Å². The molecule has 1 aliphatic heterocycles. The molecule has 14 heavy (non-hydrogen) atoms. The lowest BCUT2D eigenvalue weighted by Crippen LogP contribution is -2.24. The molecule has 74 valence electrons. The molecule has 4 heteroatoms. The zero-order chi connectivity index (χ0) is 9.97. The topological polar surface area (TPSA) is 64.3 Å². The minimum Gasteiger partial charge on any atom is -0.491 e. The maximum absolute atomic E-state index is 11.5. The van der Waals surface area contributed by atoms with Gasteiger partial charge in [-0.2, -0.15) is 0 Å². The fourth-order valence-corrected chi connectivity index (χ4v) is 1.51. The first kappa shape index (κ1) is 9.02. The molecule has 1 aliphatic rings. The molecule has 0 aromatic heterocycles. The largest absolute Gasteiger partial charge is 0.491 e. The van der Waals surface area contributed by atoms with Crippen LogP contribution in [0.25, 0.3) is 0 Å². The lowest BCUT2D eigenvalue weighted by Gasteiger charge is -2.09. The molecule has 0 spiro atoms. The Morgan fingerprint density at radius 2 is 2.36 bits per heavy atom. The Balaban J connectivity index is 2.51. The molecule has 1 amide bonds. The van der Waals surface area contributed by atoms with Gasteiger partial charge in [-0.25, -0.2) is 0 Å². The van der Waals surface area contributed by atoms with Crippen LogP contribution in [-0.2, 0) is 6.54 Å². The van der Waals surface area contributed by atoms with E-state index >= 15 is 0 Å². The van der Waals surface area contributed by atoms with E-state index in [4.69, 9.17) is 10.5 Å². The van der Waals surface area contributed by atoms with Gasteiger partial charge in [0.05, 0.1) is 12.1 Å². The number of hydrogen-bond donors (Lipinski definition) is 2. The van der Waals surface area contributed by atoms with Crippen LogP contribution in [0.5, 0.6) is 5.75 Å². The Hall–Kier alpha value is -1.55. The average molecular weight is 192 g/mol. The van der Waals surface area contributed by atoms with E-state index in [0.29, 0.717) is 31.0 Å². The SMILES string of the molecule is NCc1cccc2c1OCCNC2=O. The lowest BCUT2D eigenvalue weighted by atomic mass is 10.1. The van der Waals surface area contributed by atoms with Gasteiger partial charge in [-0.3, -0.25) is 4.79 Å². The number of nitrogens with two attached hydrogens (primary N) is 1. The van der Waals surface area contributed by atoms with E-state index in [1.807, 2.05) is 12.1 Å². The first-order valence-electron chi connectivity index (χ1n) is 4.56. The van der Waals surface area contributed by atoms with Crippen LogP contribution in [0.4, 0.5) is 0 Å². The summed E-state index contributed by atoms with van der Waals surface area (Å²) in [5.41, 5.74) is 7.01. The minimum absolute atomic E-state index is 0.0900. The van der Waals surface area contributed by atoms with Crippen LogP contribution in [0.2, 0.25) is 0 Å². The average Bonchev–Trinajstić information content (AvgIpc) is 2.41. The third-order valence-corrected chi connectivity index (χ3v) is 2.20. The van der Waals surface area contributed by atoms with Crippen molar-refractivity contribution in [3.8, 4) is 5.75 Å². The minimum atomic E-state index is -0.0900. The van der Waals surface area contributed by atoms with Gasteiger partial charge < -0.3 is 15.8 Å². The predicted octanol–water partition coefficient (Wildman–Crippen LogP) is 0.267. The van der Waals surface area contributed by atoms with Crippen LogP contribution in [0.3, 0.4) is 0 Å². The highest BCUT2D eigenvalue weighted by atomic mass is 16.5. The normalized spacial score (nSPS) is 15.1. The van der Waals surface area contributed by atoms with Crippen LogP contribution in [0.1, 0.15) is 15.9 Å². The maximum Gasteiger partial charge on any atom is 0.255 e. The summed E-state index contributed by atoms with van der Waals surface area (Å²) in [6.45, 7) is 1.42. The molecule has 0 unspecified atom stereocenters. The molecule has 1 aromatic rings. The molecule has 2 rings (SSSR count). The molecule has 0 atom stereocenters. The van der Waals surface area contributed by atoms with E-state index in [1.54, 1.807) is 6.07 Å². The monoisotopic (exact) mass is 192 g/mol. The Morgan fingerprint density at radius 3 is 3.14 bits per heavy atom. The van der Waals surface area contributed by atoms with Gasteiger partial charge in [0.25, 0.3) is 5.91 Å². The van der Waals surface area contributed by atoms with Gasteiger partial charge in [0.2, 0.25) is 0 Å². The summed E-state index contributed by atoms with van der Waals surface area (Å²) in [7, 11) is 0. The van der Waals surface area contributed by atoms with Crippen LogP contribution < -0.4 is 15.8 Å². The highest BCUT2D eigenvalue weighted by Crippen LogP contribution is 2.24. The Labute approximate surface area is 82.1 Å². The summed E-state index contributed by atoms with van der Waals surface area (Å²) in [5.74, 6) is 0.540. The van der Waals surface area contributed by atoms with E-state index in [9.17, 15) is 4.79 Å². The summed E-state index contributed by atoms with van der Waals surface area (Å²) in [4.78, 5) is 11.5. The van der Waals surface area contributed by atoms with Crippen molar-refractivity contribution in [1.29, 1.82) is 0 Å².